The van der Waals surface area contributed by atoms with Gasteiger partial charge >= 0.3 is 0 Å². The van der Waals surface area contributed by atoms with Gasteiger partial charge in [-0.05, 0) is 62.1 Å². The van der Waals surface area contributed by atoms with Crippen molar-refractivity contribution in [3.05, 3.63) is 58.2 Å². The summed E-state index contributed by atoms with van der Waals surface area (Å²) < 4.78 is 13.1. The molecule has 1 atom stereocenters. The molecule has 0 saturated carbocycles. The minimum atomic E-state index is -0.215. The fraction of sp³-hybridized carbons (Fsp3) is 0.333. The van der Waals surface area contributed by atoms with Crippen LogP contribution < -0.4 is 5.73 Å². The molecular formula is C15H18FN3. The molecule has 100 valence electrons. The molecule has 1 heterocycles. The summed E-state index contributed by atoms with van der Waals surface area (Å²) in [5.41, 5.74) is 10.9. The maximum absolute atomic E-state index is 13.1. The SMILES string of the molecule is Cc1cc(C(N)Cc2ccc(F)cc2C)c(C)nn1. The van der Waals surface area contributed by atoms with Gasteiger partial charge in [0.15, 0.2) is 0 Å². The minimum absolute atomic E-state index is 0.154. The van der Waals surface area contributed by atoms with Gasteiger partial charge in [-0.2, -0.15) is 10.2 Å². The molecule has 0 aliphatic rings. The minimum Gasteiger partial charge on any atom is -0.324 e. The van der Waals surface area contributed by atoms with Crippen LogP contribution in [0, 0.1) is 26.6 Å². The molecule has 1 unspecified atom stereocenters. The first kappa shape index (κ1) is 13.6. The topological polar surface area (TPSA) is 51.8 Å². The molecule has 0 amide bonds. The third kappa shape index (κ3) is 3.15. The van der Waals surface area contributed by atoms with E-state index in [0.717, 1.165) is 28.1 Å². The number of hydrogen-bond donors (Lipinski definition) is 1. The van der Waals surface area contributed by atoms with Gasteiger partial charge in [0.05, 0.1) is 11.4 Å². The smallest absolute Gasteiger partial charge is 0.123 e. The van der Waals surface area contributed by atoms with Crippen LogP contribution in [-0.2, 0) is 6.42 Å². The van der Waals surface area contributed by atoms with E-state index >= 15 is 0 Å². The predicted molar refractivity (Wildman–Crippen MR) is 73.3 cm³/mol. The summed E-state index contributed by atoms with van der Waals surface area (Å²) in [6, 6.07) is 6.61. The van der Waals surface area contributed by atoms with E-state index in [-0.39, 0.29) is 11.9 Å². The molecule has 1 aromatic carbocycles. The lowest BCUT2D eigenvalue weighted by Crippen LogP contribution is -2.16. The monoisotopic (exact) mass is 259 g/mol. The molecule has 0 spiro atoms. The Kier molecular flexibility index (Phi) is 3.90. The number of halogens is 1. The molecule has 0 radical (unpaired) electrons. The average molecular weight is 259 g/mol. The van der Waals surface area contributed by atoms with Gasteiger partial charge in [-0.3, -0.25) is 0 Å². The molecule has 19 heavy (non-hydrogen) atoms. The van der Waals surface area contributed by atoms with E-state index in [1.54, 1.807) is 6.07 Å². The Labute approximate surface area is 112 Å². The standard InChI is InChI=1S/C15H18FN3/c1-9-6-13(16)5-4-12(9)8-15(17)14-7-10(2)18-19-11(14)3/h4-7,15H,8,17H2,1-3H3. The second-order valence-electron chi connectivity index (χ2n) is 4.91. The van der Waals surface area contributed by atoms with Crippen LogP contribution in [0.25, 0.3) is 0 Å². The number of rotatable bonds is 3. The van der Waals surface area contributed by atoms with Crippen LogP contribution in [-0.4, -0.2) is 10.2 Å². The second-order valence-corrected chi connectivity index (χ2v) is 4.91. The summed E-state index contributed by atoms with van der Waals surface area (Å²) in [6.07, 6.45) is 0.665. The van der Waals surface area contributed by atoms with Crippen molar-refractivity contribution in [1.82, 2.24) is 10.2 Å². The number of aryl methyl sites for hydroxylation is 3. The van der Waals surface area contributed by atoms with Crippen LogP contribution >= 0.6 is 0 Å². The summed E-state index contributed by atoms with van der Waals surface area (Å²) in [5.74, 6) is -0.215. The zero-order valence-electron chi connectivity index (χ0n) is 11.4. The molecule has 2 N–H and O–H groups in total. The van der Waals surface area contributed by atoms with Gasteiger partial charge in [-0.15, -0.1) is 0 Å². The Morgan fingerprint density at radius 1 is 1.16 bits per heavy atom. The van der Waals surface area contributed by atoms with Crippen LogP contribution in [0.2, 0.25) is 0 Å². The third-order valence-electron chi connectivity index (χ3n) is 3.28. The molecule has 3 nitrogen and oxygen atoms in total. The Morgan fingerprint density at radius 3 is 2.58 bits per heavy atom. The summed E-state index contributed by atoms with van der Waals surface area (Å²) in [4.78, 5) is 0. The molecule has 0 saturated heterocycles. The van der Waals surface area contributed by atoms with Gasteiger partial charge in [-0.1, -0.05) is 6.07 Å². The lowest BCUT2D eigenvalue weighted by molar-refractivity contribution is 0.623. The second kappa shape index (κ2) is 5.45. The summed E-state index contributed by atoms with van der Waals surface area (Å²) in [7, 11) is 0. The van der Waals surface area contributed by atoms with E-state index in [1.165, 1.54) is 12.1 Å². The quantitative estimate of drug-likeness (QED) is 0.922. The fourth-order valence-corrected chi connectivity index (χ4v) is 2.18. The van der Waals surface area contributed by atoms with E-state index in [4.69, 9.17) is 5.73 Å². The van der Waals surface area contributed by atoms with Crippen molar-refractivity contribution in [2.75, 3.05) is 0 Å². The highest BCUT2D eigenvalue weighted by molar-refractivity contribution is 5.31. The highest BCUT2D eigenvalue weighted by Gasteiger charge is 2.13. The largest absolute Gasteiger partial charge is 0.324 e. The van der Waals surface area contributed by atoms with Gasteiger partial charge < -0.3 is 5.73 Å². The van der Waals surface area contributed by atoms with Crippen LogP contribution in [0.15, 0.2) is 24.3 Å². The maximum Gasteiger partial charge on any atom is 0.123 e. The number of benzene rings is 1. The zero-order chi connectivity index (χ0) is 14.0. The molecule has 1 aromatic heterocycles. The highest BCUT2D eigenvalue weighted by Crippen LogP contribution is 2.21. The first-order chi connectivity index (χ1) is 8.97. The van der Waals surface area contributed by atoms with Crippen molar-refractivity contribution in [1.29, 1.82) is 0 Å². The maximum atomic E-state index is 13.1. The molecule has 4 heteroatoms. The van der Waals surface area contributed by atoms with E-state index in [0.29, 0.717) is 6.42 Å². The normalized spacial score (nSPS) is 12.5. The summed E-state index contributed by atoms with van der Waals surface area (Å²) in [5, 5.41) is 8.09. The number of nitrogens with two attached hydrogens (primary N) is 1. The van der Waals surface area contributed by atoms with E-state index in [1.807, 2.05) is 26.8 Å². The van der Waals surface area contributed by atoms with Gasteiger partial charge in [0.2, 0.25) is 0 Å². The van der Waals surface area contributed by atoms with E-state index in [9.17, 15) is 4.39 Å². The zero-order valence-corrected chi connectivity index (χ0v) is 11.4. The van der Waals surface area contributed by atoms with Crippen molar-refractivity contribution in [2.45, 2.75) is 33.2 Å². The van der Waals surface area contributed by atoms with Gasteiger partial charge in [0.1, 0.15) is 5.82 Å². The van der Waals surface area contributed by atoms with Crippen molar-refractivity contribution >= 4 is 0 Å². The lowest BCUT2D eigenvalue weighted by Gasteiger charge is -2.15. The molecule has 2 aromatic rings. The van der Waals surface area contributed by atoms with Gasteiger partial charge in [-0.25, -0.2) is 4.39 Å². The molecule has 2 rings (SSSR count). The lowest BCUT2D eigenvalue weighted by atomic mass is 9.96. The van der Waals surface area contributed by atoms with Crippen molar-refractivity contribution < 1.29 is 4.39 Å². The molecular weight excluding hydrogens is 241 g/mol. The van der Waals surface area contributed by atoms with Crippen LogP contribution in [0.5, 0.6) is 0 Å². The van der Waals surface area contributed by atoms with E-state index < -0.39 is 0 Å². The molecule has 0 aliphatic carbocycles. The van der Waals surface area contributed by atoms with Crippen LogP contribution in [0.3, 0.4) is 0 Å². The van der Waals surface area contributed by atoms with Crippen molar-refractivity contribution in [2.24, 2.45) is 5.73 Å². The molecule has 0 fully saturated rings. The van der Waals surface area contributed by atoms with Gasteiger partial charge in [0, 0.05) is 6.04 Å². The Bertz CT molecular complexity index is 596. The number of nitrogens with zero attached hydrogens (tertiary/aromatic N) is 2. The first-order valence-corrected chi connectivity index (χ1v) is 6.29. The Hall–Kier alpha value is -1.81. The number of hydrogen-bond acceptors (Lipinski definition) is 3. The number of aromatic nitrogens is 2. The Morgan fingerprint density at radius 2 is 1.89 bits per heavy atom. The van der Waals surface area contributed by atoms with Crippen molar-refractivity contribution in [3.8, 4) is 0 Å². The molecule has 0 bridgehead atoms. The van der Waals surface area contributed by atoms with Crippen molar-refractivity contribution in [3.63, 3.8) is 0 Å². The highest BCUT2D eigenvalue weighted by atomic mass is 19.1. The Balaban J connectivity index is 2.25. The van der Waals surface area contributed by atoms with E-state index in [2.05, 4.69) is 10.2 Å². The third-order valence-corrected chi connectivity index (χ3v) is 3.28. The van der Waals surface area contributed by atoms with Gasteiger partial charge in [0.25, 0.3) is 0 Å². The molecule has 0 aliphatic heterocycles. The average Bonchev–Trinajstić information content (AvgIpc) is 2.35. The van der Waals surface area contributed by atoms with Crippen LogP contribution in [0.1, 0.15) is 34.1 Å². The predicted octanol–water partition coefficient (Wildman–Crippen LogP) is 2.78. The fourth-order valence-electron chi connectivity index (χ4n) is 2.18. The van der Waals surface area contributed by atoms with Crippen LogP contribution in [0.4, 0.5) is 4.39 Å². The first-order valence-electron chi connectivity index (χ1n) is 6.29. The summed E-state index contributed by atoms with van der Waals surface area (Å²) >= 11 is 0. The summed E-state index contributed by atoms with van der Waals surface area (Å²) in [6.45, 7) is 5.69.